The fraction of sp³-hybridized carbons (Fsp3) is 0.421. The molecule has 0 saturated heterocycles. The standard InChI is InChI=1S/C19H28N2Si/c1-22(2,3)15-18(16-8-5-4-6-9-16)11-12-19(20)17-10-7-13-21-14-17/h4-10,13-14,18-19H,11-12,15,20H2,1-3H3. The summed E-state index contributed by atoms with van der Waals surface area (Å²) < 4.78 is 0. The van der Waals surface area contributed by atoms with Gasteiger partial charge in [0.05, 0.1) is 0 Å². The predicted octanol–water partition coefficient (Wildman–Crippen LogP) is 4.98. The lowest BCUT2D eigenvalue weighted by molar-refractivity contribution is 0.555. The molecule has 0 amide bonds. The lowest BCUT2D eigenvalue weighted by Crippen LogP contribution is -2.23. The second-order valence-electron chi connectivity index (χ2n) is 7.34. The molecule has 118 valence electrons. The SMILES string of the molecule is C[Si](C)(C)CC(CCC(N)c1cccnc1)c1ccccc1. The van der Waals surface area contributed by atoms with Gasteiger partial charge >= 0.3 is 0 Å². The van der Waals surface area contributed by atoms with Crippen LogP contribution in [0.3, 0.4) is 0 Å². The third-order valence-corrected chi connectivity index (χ3v) is 5.79. The first-order chi connectivity index (χ1) is 10.5. The maximum Gasteiger partial charge on any atom is 0.0448 e. The van der Waals surface area contributed by atoms with Gasteiger partial charge in [-0.15, -0.1) is 0 Å². The van der Waals surface area contributed by atoms with Crippen molar-refractivity contribution in [3.63, 3.8) is 0 Å². The molecule has 0 aliphatic carbocycles. The molecule has 0 fully saturated rings. The van der Waals surface area contributed by atoms with Crippen molar-refractivity contribution in [3.05, 3.63) is 66.0 Å². The van der Waals surface area contributed by atoms with E-state index in [1.54, 1.807) is 6.20 Å². The average Bonchev–Trinajstić information content (AvgIpc) is 2.52. The zero-order valence-electron chi connectivity index (χ0n) is 14.0. The molecule has 1 aromatic heterocycles. The largest absolute Gasteiger partial charge is 0.324 e. The van der Waals surface area contributed by atoms with Crippen LogP contribution in [0.15, 0.2) is 54.9 Å². The highest BCUT2D eigenvalue weighted by atomic mass is 28.3. The van der Waals surface area contributed by atoms with E-state index < -0.39 is 8.07 Å². The van der Waals surface area contributed by atoms with Gasteiger partial charge < -0.3 is 5.73 Å². The van der Waals surface area contributed by atoms with Crippen LogP contribution in [-0.4, -0.2) is 13.1 Å². The van der Waals surface area contributed by atoms with Crippen molar-refractivity contribution < 1.29 is 0 Å². The Hall–Kier alpha value is -1.45. The molecule has 0 spiro atoms. The molecule has 2 aromatic rings. The van der Waals surface area contributed by atoms with E-state index in [9.17, 15) is 0 Å². The number of hydrogen-bond donors (Lipinski definition) is 1. The smallest absolute Gasteiger partial charge is 0.0448 e. The minimum Gasteiger partial charge on any atom is -0.324 e. The van der Waals surface area contributed by atoms with Crippen molar-refractivity contribution >= 4 is 8.07 Å². The second kappa shape index (κ2) is 7.70. The van der Waals surface area contributed by atoms with Crippen LogP contribution < -0.4 is 5.73 Å². The minimum atomic E-state index is -1.11. The monoisotopic (exact) mass is 312 g/mol. The topological polar surface area (TPSA) is 38.9 Å². The summed E-state index contributed by atoms with van der Waals surface area (Å²) in [5.74, 6) is 0.621. The first-order valence-corrected chi connectivity index (χ1v) is 11.9. The predicted molar refractivity (Wildman–Crippen MR) is 97.7 cm³/mol. The van der Waals surface area contributed by atoms with Crippen LogP contribution in [0.25, 0.3) is 0 Å². The molecule has 0 bridgehead atoms. The zero-order valence-corrected chi connectivity index (χ0v) is 15.0. The number of hydrogen-bond acceptors (Lipinski definition) is 2. The quantitative estimate of drug-likeness (QED) is 0.732. The fourth-order valence-corrected chi connectivity index (χ4v) is 4.91. The molecule has 0 aliphatic rings. The first kappa shape index (κ1) is 16.9. The van der Waals surface area contributed by atoms with Crippen LogP contribution in [0.4, 0.5) is 0 Å². The molecule has 0 radical (unpaired) electrons. The molecule has 1 heterocycles. The third kappa shape index (κ3) is 5.39. The third-order valence-electron chi connectivity index (χ3n) is 4.07. The summed E-state index contributed by atoms with van der Waals surface area (Å²) in [5, 5.41) is 0. The van der Waals surface area contributed by atoms with Gasteiger partial charge in [-0.05, 0) is 36.0 Å². The van der Waals surface area contributed by atoms with Gasteiger partial charge in [-0.3, -0.25) is 4.98 Å². The highest BCUT2D eigenvalue weighted by Gasteiger charge is 2.22. The van der Waals surface area contributed by atoms with Crippen molar-refractivity contribution in [2.45, 2.75) is 50.5 Å². The van der Waals surface area contributed by atoms with E-state index in [1.807, 2.05) is 12.3 Å². The number of pyridine rings is 1. The van der Waals surface area contributed by atoms with E-state index in [0.29, 0.717) is 5.92 Å². The van der Waals surface area contributed by atoms with Crippen molar-refractivity contribution in [2.24, 2.45) is 5.73 Å². The summed E-state index contributed by atoms with van der Waals surface area (Å²) in [6.45, 7) is 7.35. The van der Waals surface area contributed by atoms with Crippen molar-refractivity contribution in [2.75, 3.05) is 0 Å². The lowest BCUT2D eigenvalue weighted by atomic mass is 9.92. The Labute approximate surface area is 135 Å². The van der Waals surface area contributed by atoms with Gasteiger partial charge in [0.2, 0.25) is 0 Å². The van der Waals surface area contributed by atoms with Crippen LogP contribution in [0, 0.1) is 0 Å². The minimum absolute atomic E-state index is 0.0848. The normalized spacial score (nSPS) is 14.5. The lowest BCUT2D eigenvalue weighted by Gasteiger charge is -2.26. The van der Waals surface area contributed by atoms with Crippen LogP contribution in [-0.2, 0) is 0 Å². The van der Waals surface area contributed by atoms with Crippen LogP contribution in [0.1, 0.15) is 35.9 Å². The molecule has 1 aromatic carbocycles. The maximum absolute atomic E-state index is 6.36. The van der Waals surface area contributed by atoms with Gasteiger partial charge in [0, 0.05) is 26.5 Å². The number of rotatable bonds is 7. The summed E-state index contributed by atoms with van der Waals surface area (Å²) in [6.07, 6.45) is 5.84. The van der Waals surface area contributed by atoms with Gasteiger partial charge in [0.1, 0.15) is 0 Å². The van der Waals surface area contributed by atoms with Gasteiger partial charge in [-0.25, -0.2) is 0 Å². The molecule has 2 atom stereocenters. The molecule has 0 aliphatic heterocycles. The number of nitrogens with two attached hydrogens (primary N) is 1. The van der Waals surface area contributed by atoms with E-state index >= 15 is 0 Å². The molecule has 2 rings (SSSR count). The molecule has 2 nitrogen and oxygen atoms in total. The van der Waals surface area contributed by atoms with Gasteiger partial charge in [-0.2, -0.15) is 0 Å². The summed E-state index contributed by atoms with van der Waals surface area (Å²) in [5.41, 5.74) is 8.96. The highest BCUT2D eigenvalue weighted by molar-refractivity contribution is 6.76. The molecular weight excluding hydrogens is 284 g/mol. The second-order valence-corrected chi connectivity index (χ2v) is 12.9. The van der Waals surface area contributed by atoms with E-state index in [-0.39, 0.29) is 6.04 Å². The van der Waals surface area contributed by atoms with Crippen LogP contribution in [0.5, 0.6) is 0 Å². The Morgan fingerprint density at radius 2 is 1.64 bits per heavy atom. The summed E-state index contributed by atoms with van der Waals surface area (Å²) in [6, 6.07) is 16.4. The van der Waals surface area contributed by atoms with E-state index in [2.05, 4.69) is 61.0 Å². The number of aromatic nitrogens is 1. The van der Waals surface area contributed by atoms with Gasteiger partial charge in [0.25, 0.3) is 0 Å². The molecular formula is C19H28N2Si. The average molecular weight is 313 g/mol. The molecule has 2 N–H and O–H groups in total. The summed E-state index contributed by atoms with van der Waals surface area (Å²) >= 11 is 0. The van der Waals surface area contributed by atoms with Crippen molar-refractivity contribution in [3.8, 4) is 0 Å². The summed E-state index contributed by atoms with van der Waals surface area (Å²) in [4.78, 5) is 4.18. The van der Waals surface area contributed by atoms with Crippen molar-refractivity contribution in [1.29, 1.82) is 0 Å². The Balaban J connectivity index is 2.04. The fourth-order valence-electron chi connectivity index (χ4n) is 2.99. The van der Waals surface area contributed by atoms with E-state index in [1.165, 1.54) is 11.6 Å². The Kier molecular flexibility index (Phi) is 5.92. The molecule has 22 heavy (non-hydrogen) atoms. The van der Waals surface area contributed by atoms with E-state index in [0.717, 1.165) is 18.4 Å². The highest BCUT2D eigenvalue weighted by Crippen LogP contribution is 2.32. The number of benzene rings is 1. The zero-order chi connectivity index (χ0) is 16.0. The Morgan fingerprint density at radius 3 is 2.23 bits per heavy atom. The van der Waals surface area contributed by atoms with Crippen LogP contribution in [0.2, 0.25) is 25.7 Å². The van der Waals surface area contributed by atoms with Crippen LogP contribution >= 0.6 is 0 Å². The van der Waals surface area contributed by atoms with Crippen molar-refractivity contribution in [1.82, 2.24) is 4.98 Å². The number of nitrogens with zero attached hydrogens (tertiary/aromatic N) is 1. The maximum atomic E-state index is 6.36. The molecule has 3 heteroatoms. The van der Waals surface area contributed by atoms with Gasteiger partial charge in [0.15, 0.2) is 0 Å². The molecule has 2 unspecified atom stereocenters. The van der Waals surface area contributed by atoms with E-state index in [4.69, 9.17) is 5.73 Å². The first-order valence-electron chi connectivity index (χ1n) is 8.16. The summed E-state index contributed by atoms with van der Waals surface area (Å²) in [7, 11) is -1.11. The molecule has 0 saturated carbocycles. The van der Waals surface area contributed by atoms with Gasteiger partial charge in [-0.1, -0.05) is 62.1 Å². The Morgan fingerprint density at radius 1 is 0.955 bits per heavy atom. The Bertz CT molecular complexity index is 549.